The zero-order chi connectivity index (χ0) is 13.1. The number of carboxylic acid groups (broad SMARTS) is 1. The minimum atomic E-state index is -0.789. The average Bonchev–Trinajstić information content (AvgIpc) is 2.38. The number of nitrogens with zero attached hydrogens (tertiary/aromatic N) is 1. The molecule has 1 heterocycles. The highest BCUT2D eigenvalue weighted by molar-refractivity contribution is 9.10. The maximum absolute atomic E-state index is 11.0. The average molecular weight is 314 g/mol. The fourth-order valence-electron chi connectivity index (χ4n) is 2.10. The summed E-state index contributed by atoms with van der Waals surface area (Å²) in [5.74, 6) is -0.789. The molecule has 1 N–H and O–H groups in total. The molecule has 0 spiro atoms. The number of aliphatic carboxylic acids is 1. The maximum atomic E-state index is 11.0. The van der Waals surface area contributed by atoms with Crippen LogP contribution < -0.4 is 0 Å². The molecule has 1 aromatic carbocycles. The van der Waals surface area contributed by atoms with E-state index in [0.717, 1.165) is 10.0 Å². The van der Waals surface area contributed by atoms with Crippen molar-refractivity contribution in [3.8, 4) is 0 Å². The molecule has 1 aliphatic rings. The molecule has 0 radical (unpaired) electrons. The van der Waals surface area contributed by atoms with Gasteiger partial charge in [0.2, 0.25) is 0 Å². The van der Waals surface area contributed by atoms with Gasteiger partial charge in [0.05, 0.1) is 12.7 Å². The van der Waals surface area contributed by atoms with Crippen LogP contribution in [0.25, 0.3) is 0 Å². The number of hydrogen-bond acceptors (Lipinski definition) is 3. The van der Waals surface area contributed by atoms with Crippen molar-refractivity contribution in [2.24, 2.45) is 0 Å². The molecule has 2 atom stereocenters. The van der Waals surface area contributed by atoms with Gasteiger partial charge in [0.25, 0.3) is 0 Å². The molecule has 0 saturated carbocycles. The lowest BCUT2D eigenvalue weighted by atomic mass is 10.1. The van der Waals surface area contributed by atoms with E-state index >= 15 is 0 Å². The molecule has 5 heteroatoms. The third-order valence-electron chi connectivity index (χ3n) is 3.26. The molecule has 2 rings (SSSR count). The van der Waals surface area contributed by atoms with Crippen molar-refractivity contribution in [3.63, 3.8) is 0 Å². The molecule has 0 aliphatic carbocycles. The first-order valence-corrected chi connectivity index (χ1v) is 6.72. The lowest BCUT2D eigenvalue weighted by molar-refractivity contribution is -0.145. The van der Waals surface area contributed by atoms with E-state index in [-0.39, 0.29) is 6.10 Å². The fourth-order valence-corrected chi connectivity index (χ4v) is 2.64. The number of carboxylic acids is 1. The van der Waals surface area contributed by atoms with Gasteiger partial charge in [-0.05, 0) is 18.6 Å². The second kappa shape index (κ2) is 5.82. The van der Waals surface area contributed by atoms with Gasteiger partial charge in [0.15, 0.2) is 0 Å². The van der Waals surface area contributed by atoms with Crippen molar-refractivity contribution in [1.82, 2.24) is 4.90 Å². The van der Waals surface area contributed by atoms with Crippen LogP contribution in [0.5, 0.6) is 0 Å². The van der Waals surface area contributed by atoms with Crippen LogP contribution in [0.15, 0.2) is 28.7 Å². The van der Waals surface area contributed by atoms with Gasteiger partial charge in [-0.1, -0.05) is 34.1 Å². The van der Waals surface area contributed by atoms with Gasteiger partial charge in [0.1, 0.15) is 6.04 Å². The molecule has 4 nitrogen and oxygen atoms in total. The van der Waals surface area contributed by atoms with E-state index in [1.54, 1.807) is 6.92 Å². The summed E-state index contributed by atoms with van der Waals surface area (Å²) in [6.45, 7) is 3.54. The second-order valence-electron chi connectivity index (χ2n) is 4.39. The molecule has 0 amide bonds. The van der Waals surface area contributed by atoms with Crippen LogP contribution in [0.4, 0.5) is 0 Å². The molecule has 0 unspecified atom stereocenters. The van der Waals surface area contributed by atoms with Gasteiger partial charge < -0.3 is 9.84 Å². The quantitative estimate of drug-likeness (QED) is 0.930. The smallest absolute Gasteiger partial charge is 0.320 e. The molecule has 98 valence electrons. The van der Waals surface area contributed by atoms with Crippen molar-refractivity contribution in [1.29, 1.82) is 0 Å². The van der Waals surface area contributed by atoms with Crippen molar-refractivity contribution < 1.29 is 14.6 Å². The Morgan fingerprint density at radius 2 is 2.28 bits per heavy atom. The van der Waals surface area contributed by atoms with Crippen molar-refractivity contribution >= 4 is 21.9 Å². The Morgan fingerprint density at radius 1 is 1.56 bits per heavy atom. The number of benzene rings is 1. The number of halogens is 1. The Balaban J connectivity index is 2.12. The normalized spacial score (nSPS) is 22.7. The zero-order valence-corrected chi connectivity index (χ0v) is 11.8. The minimum Gasteiger partial charge on any atom is -0.480 e. The Morgan fingerprint density at radius 3 is 2.94 bits per heavy atom. The Hall–Kier alpha value is -0.910. The summed E-state index contributed by atoms with van der Waals surface area (Å²) in [7, 11) is 0. The van der Waals surface area contributed by atoms with E-state index in [4.69, 9.17) is 9.84 Å². The Bertz CT molecular complexity index is 438. The summed E-state index contributed by atoms with van der Waals surface area (Å²) in [6, 6.07) is 7.41. The third-order valence-corrected chi connectivity index (χ3v) is 3.98. The van der Waals surface area contributed by atoms with Gasteiger partial charge in [-0.3, -0.25) is 9.69 Å². The number of ether oxygens (including phenoxy) is 1. The van der Waals surface area contributed by atoms with Crippen LogP contribution >= 0.6 is 15.9 Å². The molecule has 1 fully saturated rings. The summed E-state index contributed by atoms with van der Waals surface area (Å²) in [4.78, 5) is 13.0. The molecule has 1 aliphatic heterocycles. The number of hydrogen-bond donors (Lipinski definition) is 1. The van der Waals surface area contributed by atoms with Gasteiger partial charge in [-0.15, -0.1) is 0 Å². The molecule has 1 saturated heterocycles. The predicted molar refractivity (Wildman–Crippen MR) is 71.5 cm³/mol. The molecular formula is C13H16BrNO3. The first-order chi connectivity index (χ1) is 8.59. The lowest BCUT2D eigenvalue weighted by Gasteiger charge is -2.35. The molecule has 0 aromatic heterocycles. The summed E-state index contributed by atoms with van der Waals surface area (Å²) < 4.78 is 6.74. The standard InChI is InChI=1S/C13H16BrNO3/c1-9(13(16)17)15-6-7-18-12(8-15)10-4-2-3-5-11(10)14/h2-5,9,12H,6-8H2,1H3,(H,16,17)/t9-,12+/m1/s1. The number of carbonyl (C=O) groups is 1. The first kappa shape index (κ1) is 13.5. The zero-order valence-electron chi connectivity index (χ0n) is 10.2. The third kappa shape index (κ3) is 2.91. The first-order valence-electron chi connectivity index (χ1n) is 5.92. The summed E-state index contributed by atoms with van der Waals surface area (Å²) in [5.41, 5.74) is 1.07. The second-order valence-corrected chi connectivity index (χ2v) is 5.24. The largest absolute Gasteiger partial charge is 0.480 e. The topological polar surface area (TPSA) is 49.8 Å². The Labute approximate surface area is 115 Å². The van der Waals surface area contributed by atoms with Gasteiger partial charge in [0, 0.05) is 17.6 Å². The van der Waals surface area contributed by atoms with Crippen molar-refractivity contribution in [2.45, 2.75) is 19.1 Å². The minimum absolute atomic E-state index is 0.0730. The van der Waals surface area contributed by atoms with Gasteiger partial charge in [-0.25, -0.2) is 0 Å². The van der Waals surface area contributed by atoms with Crippen LogP contribution in [0.2, 0.25) is 0 Å². The van der Waals surface area contributed by atoms with Crippen molar-refractivity contribution in [2.75, 3.05) is 19.7 Å². The SMILES string of the molecule is C[C@H](C(=O)O)N1CCO[C@H](c2ccccc2Br)C1. The fraction of sp³-hybridized carbons (Fsp3) is 0.462. The van der Waals surface area contributed by atoms with Crippen LogP contribution in [-0.2, 0) is 9.53 Å². The van der Waals surface area contributed by atoms with E-state index in [2.05, 4.69) is 15.9 Å². The molecular weight excluding hydrogens is 298 g/mol. The van der Waals surface area contributed by atoms with E-state index < -0.39 is 12.0 Å². The molecule has 0 bridgehead atoms. The summed E-state index contributed by atoms with van der Waals surface area (Å²) in [5, 5.41) is 9.05. The van der Waals surface area contributed by atoms with Gasteiger partial charge in [-0.2, -0.15) is 0 Å². The van der Waals surface area contributed by atoms with Crippen LogP contribution in [0.1, 0.15) is 18.6 Å². The highest BCUT2D eigenvalue weighted by Crippen LogP contribution is 2.29. The Kier molecular flexibility index (Phi) is 4.37. The van der Waals surface area contributed by atoms with Crippen LogP contribution in [0, 0.1) is 0 Å². The maximum Gasteiger partial charge on any atom is 0.320 e. The molecule has 1 aromatic rings. The summed E-state index contributed by atoms with van der Waals surface area (Å²) >= 11 is 3.50. The lowest BCUT2D eigenvalue weighted by Crippen LogP contribution is -2.46. The van der Waals surface area contributed by atoms with Crippen molar-refractivity contribution in [3.05, 3.63) is 34.3 Å². The number of rotatable bonds is 3. The summed E-state index contributed by atoms with van der Waals surface area (Å²) in [6.07, 6.45) is -0.0730. The predicted octanol–water partition coefficient (Wildman–Crippen LogP) is 2.30. The van der Waals surface area contributed by atoms with Crippen LogP contribution in [0.3, 0.4) is 0 Å². The molecule has 18 heavy (non-hydrogen) atoms. The monoisotopic (exact) mass is 313 g/mol. The highest BCUT2D eigenvalue weighted by atomic mass is 79.9. The van der Waals surface area contributed by atoms with Crippen LogP contribution in [-0.4, -0.2) is 41.7 Å². The highest BCUT2D eigenvalue weighted by Gasteiger charge is 2.29. The van der Waals surface area contributed by atoms with E-state index in [9.17, 15) is 4.79 Å². The number of morpholine rings is 1. The van der Waals surface area contributed by atoms with E-state index in [1.165, 1.54) is 0 Å². The van der Waals surface area contributed by atoms with E-state index in [1.807, 2.05) is 29.2 Å². The van der Waals surface area contributed by atoms with Gasteiger partial charge >= 0.3 is 5.97 Å². The van der Waals surface area contributed by atoms with E-state index in [0.29, 0.717) is 19.7 Å².